The van der Waals surface area contributed by atoms with Crippen molar-refractivity contribution < 1.29 is 17.6 Å². The molecule has 0 fully saturated rings. The summed E-state index contributed by atoms with van der Waals surface area (Å²) in [4.78, 5) is 12.5. The van der Waals surface area contributed by atoms with Gasteiger partial charge in [0.05, 0.1) is 17.5 Å². The first-order valence-electron chi connectivity index (χ1n) is 8.23. The van der Waals surface area contributed by atoms with Gasteiger partial charge in [0, 0.05) is 10.9 Å². The van der Waals surface area contributed by atoms with E-state index in [-0.39, 0.29) is 23.0 Å². The van der Waals surface area contributed by atoms with Gasteiger partial charge in [0.1, 0.15) is 11.3 Å². The van der Waals surface area contributed by atoms with Gasteiger partial charge in [-0.05, 0) is 37.3 Å². The van der Waals surface area contributed by atoms with E-state index in [9.17, 15) is 13.2 Å². The monoisotopic (exact) mass is 382 g/mol. The molecule has 7 heteroatoms. The fourth-order valence-electron chi connectivity index (χ4n) is 2.59. The maximum atomic E-state index is 12.5. The maximum Gasteiger partial charge on any atom is 0.251 e. The number of carbonyl (C=O) groups excluding carboxylic acids is 1. The fourth-order valence-corrected chi connectivity index (χ4v) is 3.57. The molecule has 1 atom stereocenters. The van der Waals surface area contributed by atoms with Crippen molar-refractivity contribution in [3.8, 4) is 12.3 Å². The van der Waals surface area contributed by atoms with Crippen LogP contribution in [0.5, 0.6) is 0 Å². The highest BCUT2D eigenvalue weighted by Crippen LogP contribution is 2.24. The average molecular weight is 382 g/mol. The number of carbonyl (C=O) groups is 1. The molecule has 3 aromatic rings. The second kappa shape index (κ2) is 7.66. The number of para-hydroxylation sites is 1. The summed E-state index contributed by atoms with van der Waals surface area (Å²) in [5, 5.41) is 3.76. The van der Waals surface area contributed by atoms with Gasteiger partial charge in [0.15, 0.2) is 0 Å². The third-order valence-electron chi connectivity index (χ3n) is 3.99. The Kier molecular flexibility index (Phi) is 5.31. The van der Waals surface area contributed by atoms with E-state index >= 15 is 0 Å². The first kappa shape index (κ1) is 18.7. The van der Waals surface area contributed by atoms with Gasteiger partial charge in [-0.25, -0.2) is 8.42 Å². The fraction of sp³-hybridized carbons (Fsp3) is 0.150. The highest BCUT2D eigenvalue weighted by molar-refractivity contribution is 7.89. The molecule has 0 unspecified atom stereocenters. The van der Waals surface area contributed by atoms with Crippen LogP contribution in [0, 0.1) is 12.3 Å². The highest BCUT2D eigenvalue weighted by atomic mass is 32.2. The molecule has 0 aliphatic rings. The summed E-state index contributed by atoms with van der Waals surface area (Å²) in [5.41, 5.74) is 0.961. The van der Waals surface area contributed by atoms with Crippen LogP contribution in [0.4, 0.5) is 0 Å². The molecule has 3 rings (SSSR count). The van der Waals surface area contributed by atoms with Crippen molar-refractivity contribution >= 4 is 26.9 Å². The number of hydrogen-bond acceptors (Lipinski definition) is 4. The molecule has 0 bridgehead atoms. The van der Waals surface area contributed by atoms with E-state index < -0.39 is 15.9 Å². The molecule has 1 aromatic heterocycles. The first-order valence-corrected chi connectivity index (χ1v) is 9.71. The molecule has 6 nitrogen and oxygen atoms in total. The van der Waals surface area contributed by atoms with Crippen LogP contribution >= 0.6 is 0 Å². The van der Waals surface area contributed by atoms with Crippen LogP contribution in [0.15, 0.2) is 63.9 Å². The summed E-state index contributed by atoms with van der Waals surface area (Å²) < 4.78 is 32.3. The highest BCUT2D eigenvalue weighted by Gasteiger charge is 2.18. The van der Waals surface area contributed by atoms with Crippen molar-refractivity contribution in [3.05, 3.63) is 65.9 Å². The van der Waals surface area contributed by atoms with Crippen LogP contribution in [0.3, 0.4) is 0 Å². The Labute approximate surface area is 157 Å². The Morgan fingerprint density at radius 1 is 1.19 bits per heavy atom. The lowest BCUT2D eigenvalue weighted by Crippen LogP contribution is -2.27. The number of fused-ring (bicyclic) bond motifs is 1. The molecule has 0 saturated heterocycles. The van der Waals surface area contributed by atoms with Crippen molar-refractivity contribution in [2.75, 3.05) is 6.54 Å². The minimum absolute atomic E-state index is 0.0261. The molecule has 2 N–H and O–H groups in total. The van der Waals surface area contributed by atoms with Gasteiger partial charge in [-0.15, -0.1) is 6.42 Å². The number of benzene rings is 2. The van der Waals surface area contributed by atoms with Gasteiger partial charge in [-0.2, -0.15) is 4.72 Å². The maximum absolute atomic E-state index is 12.5. The molecular weight excluding hydrogens is 364 g/mol. The van der Waals surface area contributed by atoms with Crippen LogP contribution in [0.1, 0.15) is 29.1 Å². The Morgan fingerprint density at radius 2 is 1.96 bits per heavy atom. The molecular formula is C20H18N2O4S. The normalized spacial score (nSPS) is 12.4. The molecule has 0 spiro atoms. The summed E-state index contributed by atoms with van der Waals surface area (Å²) >= 11 is 0. The SMILES string of the molecule is C#CCNS(=O)(=O)c1cccc(C(=O)N[C@H](C)c2cc3ccccc3o2)c1. The molecule has 0 aliphatic heterocycles. The van der Waals surface area contributed by atoms with E-state index in [0.717, 1.165) is 11.0 Å². The predicted octanol–water partition coefficient (Wildman–Crippen LogP) is 2.84. The lowest BCUT2D eigenvalue weighted by Gasteiger charge is -2.12. The Bertz CT molecular complexity index is 1090. The third-order valence-corrected chi connectivity index (χ3v) is 5.39. The number of amides is 1. The Morgan fingerprint density at radius 3 is 2.70 bits per heavy atom. The lowest BCUT2D eigenvalue weighted by molar-refractivity contribution is 0.0935. The first-order chi connectivity index (χ1) is 12.9. The van der Waals surface area contributed by atoms with Gasteiger partial charge in [-0.3, -0.25) is 4.79 Å². The largest absolute Gasteiger partial charge is 0.459 e. The summed E-state index contributed by atoms with van der Waals surface area (Å²) in [7, 11) is -3.77. The molecule has 0 radical (unpaired) electrons. The van der Waals surface area contributed by atoms with E-state index in [4.69, 9.17) is 10.8 Å². The number of terminal acetylenes is 1. The van der Waals surface area contributed by atoms with Crippen LogP contribution < -0.4 is 10.0 Å². The van der Waals surface area contributed by atoms with Crippen molar-refractivity contribution in [1.82, 2.24) is 10.0 Å². The van der Waals surface area contributed by atoms with Gasteiger partial charge in [-0.1, -0.05) is 30.2 Å². The van der Waals surface area contributed by atoms with Gasteiger partial charge in [0.25, 0.3) is 5.91 Å². The molecule has 138 valence electrons. The van der Waals surface area contributed by atoms with E-state index in [0.29, 0.717) is 5.76 Å². The minimum Gasteiger partial charge on any atom is -0.459 e. The molecule has 1 heterocycles. The van der Waals surface area contributed by atoms with Gasteiger partial charge in [0.2, 0.25) is 10.0 Å². The molecule has 1 amide bonds. The van der Waals surface area contributed by atoms with Gasteiger partial charge < -0.3 is 9.73 Å². The number of furan rings is 1. The van der Waals surface area contributed by atoms with E-state index in [1.807, 2.05) is 30.3 Å². The molecule has 2 aromatic carbocycles. The van der Waals surface area contributed by atoms with Crippen molar-refractivity contribution in [3.63, 3.8) is 0 Å². The summed E-state index contributed by atoms with van der Waals surface area (Å²) in [6.07, 6.45) is 5.08. The molecule has 0 saturated carbocycles. The second-order valence-corrected chi connectivity index (χ2v) is 7.71. The van der Waals surface area contributed by atoms with Crippen LogP contribution in [-0.2, 0) is 10.0 Å². The quantitative estimate of drug-likeness (QED) is 0.642. The van der Waals surface area contributed by atoms with Crippen LogP contribution in [-0.4, -0.2) is 20.9 Å². The van der Waals surface area contributed by atoms with E-state index in [1.54, 1.807) is 13.0 Å². The zero-order valence-electron chi connectivity index (χ0n) is 14.6. The molecule has 27 heavy (non-hydrogen) atoms. The number of hydrogen-bond donors (Lipinski definition) is 2. The zero-order valence-corrected chi connectivity index (χ0v) is 15.4. The van der Waals surface area contributed by atoms with Crippen LogP contribution in [0.25, 0.3) is 11.0 Å². The Hall–Kier alpha value is -3.08. The van der Waals surface area contributed by atoms with Crippen molar-refractivity contribution in [2.45, 2.75) is 17.9 Å². The zero-order chi connectivity index (χ0) is 19.4. The number of sulfonamides is 1. The van der Waals surface area contributed by atoms with E-state index in [1.165, 1.54) is 18.2 Å². The van der Waals surface area contributed by atoms with Crippen LogP contribution in [0.2, 0.25) is 0 Å². The van der Waals surface area contributed by atoms with Gasteiger partial charge >= 0.3 is 0 Å². The average Bonchev–Trinajstić information content (AvgIpc) is 3.11. The number of rotatable bonds is 6. The third kappa shape index (κ3) is 4.19. The predicted molar refractivity (Wildman–Crippen MR) is 103 cm³/mol. The lowest BCUT2D eigenvalue weighted by atomic mass is 10.1. The smallest absolute Gasteiger partial charge is 0.251 e. The summed E-state index contributed by atoms with van der Waals surface area (Å²) in [6.45, 7) is 1.67. The van der Waals surface area contributed by atoms with E-state index in [2.05, 4.69) is 16.0 Å². The summed E-state index contributed by atoms with van der Waals surface area (Å²) in [6, 6.07) is 14.8. The number of nitrogens with one attached hydrogen (secondary N) is 2. The minimum atomic E-state index is -3.77. The summed E-state index contributed by atoms with van der Waals surface area (Å²) in [5.74, 6) is 2.42. The van der Waals surface area contributed by atoms with Crippen molar-refractivity contribution in [1.29, 1.82) is 0 Å². The second-order valence-electron chi connectivity index (χ2n) is 5.94. The topological polar surface area (TPSA) is 88.4 Å². The van der Waals surface area contributed by atoms with Crippen molar-refractivity contribution in [2.24, 2.45) is 0 Å². The standard InChI is InChI=1S/C20H18N2O4S/c1-3-11-21-27(24,25)17-9-6-8-16(12-17)20(23)22-14(2)19-13-15-7-4-5-10-18(15)26-19/h1,4-10,12-14,21H,11H2,2H3,(H,22,23)/t14-/m1/s1. The molecule has 0 aliphatic carbocycles. The Balaban J connectivity index is 1.78.